The third-order valence-corrected chi connectivity index (χ3v) is 3.74. The molecule has 5 nitrogen and oxygen atoms in total. The normalized spacial score (nSPS) is 16.9. The quantitative estimate of drug-likeness (QED) is 0.716. The number of aliphatic hydroxyl groups is 1. The molecule has 1 aliphatic rings. The van der Waals surface area contributed by atoms with Crippen LogP contribution in [0.5, 0.6) is 5.75 Å². The topological polar surface area (TPSA) is 84.6 Å². The van der Waals surface area contributed by atoms with E-state index < -0.39 is 5.54 Å². The first-order valence-corrected chi connectivity index (χ1v) is 7.05. The van der Waals surface area contributed by atoms with Gasteiger partial charge < -0.3 is 20.9 Å². The van der Waals surface area contributed by atoms with E-state index in [1.807, 2.05) is 6.92 Å². The molecule has 0 atom stereocenters. The molecule has 1 aromatic carbocycles. The predicted molar refractivity (Wildman–Crippen MR) is 77.8 cm³/mol. The molecular formula is C15H22N2O3. The molecule has 5 heteroatoms. The molecule has 1 aliphatic carbocycles. The Morgan fingerprint density at radius 3 is 2.70 bits per heavy atom. The summed E-state index contributed by atoms with van der Waals surface area (Å²) in [5, 5.41) is 12.5. The maximum atomic E-state index is 12.3. The van der Waals surface area contributed by atoms with Gasteiger partial charge in [-0.05, 0) is 31.9 Å². The van der Waals surface area contributed by atoms with Crippen LogP contribution in [0.2, 0.25) is 0 Å². The van der Waals surface area contributed by atoms with Gasteiger partial charge in [0.15, 0.2) is 0 Å². The lowest BCUT2D eigenvalue weighted by Crippen LogP contribution is -2.49. The zero-order chi connectivity index (χ0) is 14.6. The van der Waals surface area contributed by atoms with Crippen LogP contribution in [0.25, 0.3) is 0 Å². The first-order valence-electron chi connectivity index (χ1n) is 7.05. The summed E-state index contributed by atoms with van der Waals surface area (Å²) in [6.07, 6.45) is 3.69. The summed E-state index contributed by atoms with van der Waals surface area (Å²) in [7, 11) is 0. The maximum Gasteiger partial charge on any atom is 0.252 e. The Balaban J connectivity index is 2.16. The predicted octanol–water partition coefficient (Wildman–Crippen LogP) is 1.70. The molecular weight excluding hydrogens is 256 g/mol. The Kier molecular flexibility index (Phi) is 4.49. The van der Waals surface area contributed by atoms with Gasteiger partial charge in [-0.25, -0.2) is 0 Å². The Morgan fingerprint density at radius 2 is 2.10 bits per heavy atom. The number of ether oxygens (including phenoxy) is 1. The summed E-state index contributed by atoms with van der Waals surface area (Å²) in [5.41, 5.74) is 6.27. The molecule has 1 aromatic rings. The average Bonchev–Trinajstić information content (AvgIpc) is 2.87. The lowest BCUT2D eigenvalue weighted by atomic mass is 9.98. The van der Waals surface area contributed by atoms with Crippen molar-refractivity contribution < 1.29 is 14.6 Å². The number of amides is 1. The number of carbonyl (C=O) groups is 1. The Morgan fingerprint density at radius 1 is 1.40 bits per heavy atom. The van der Waals surface area contributed by atoms with Crippen molar-refractivity contribution in [3.8, 4) is 5.75 Å². The van der Waals surface area contributed by atoms with E-state index in [2.05, 4.69) is 5.32 Å². The molecule has 0 unspecified atom stereocenters. The lowest BCUT2D eigenvalue weighted by Gasteiger charge is -2.28. The van der Waals surface area contributed by atoms with Gasteiger partial charge in [-0.15, -0.1) is 0 Å². The van der Waals surface area contributed by atoms with Crippen molar-refractivity contribution in [2.24, 2.45) is 0 Å². The van der Waals surface area contributed by atoms with Gasteiger partial charge in [0.2, 0.25) is 0 Å². The minimum atomic E-state index is -0.479. The van der Waals surface area contributed by atoms with Crippen LogP contribution in [-0.2, 0) is 0 Å². The van der Waals surface area contributed by atoms with Crippen molar-refractivity contribution in [2.45, 2.75) is 38.1 Å². The van der Waals surface area contributed by atoms with E-state index in [1.165, 1.54) is 0 Å². The molecule has 4 N–H and O–H groups in total. The second-order valence-corrected chi connectivity index (χ2v) is 5.32. The van der Waals surface area contributed by atoms with Gasteiger partial charge in [-0.2, -0.15) is 0 Å². The molecule has 110 valence electrons. The maximum absolute atomic E-state index is 12.3. The standard InChI is InChI=1S/C15H22N2O3/c1-2-20-13-8-11(7-12(16)9-13)14(19)17-15(10-18)5-3-4-6-15/h7-9,18H,2-6,10,16H2,1H3,(H,17,19). The van der Waals surface area contributed by atoms with Crippen LogP contribution < -0.4 is 15.8 Å². The van der Waals surface area contributed by atoms with Gasteiger partial charge in [0.05, 0.1) is 18.8 Å². The third kappa shape index (κ3) is 3.22. The second kappa shape index (κ2) is 6.13. The first kappa shape index (κ1) is 14.7. The van der Waals surface area contributed by atoms with Gasteiger partial charge in [0.1, 0.15) is 5.75 Å². The number of carbonyl (C=O) groups excluding carboxylic acids is 1. The van der Waals surface area contributed by atoms with Crippen molar-refractivity contribution in [2.75, 3.05) is 18.9 Å². The molecule has 0 saturated heterocycles. The largest absolute Gasteiger partial charge is 0.494 e. The van der Waals surface area contributed by atoms with Gasteiger partial charge >= 0.3 is 0 Å². The highest BCUT2D eigenvalue weighted by Gasteiger charge is 2.34. The fourth-order valence-corrected chi connectivity index (χ4v) is 2.69. The average molecular weight is 278 g/mol. The van der Waals surface area contributed by atoms with Gasteiger partial charge in [0.25, 0.3) is 5.91 Å². The first-order chi connectivity index (χ1) is 9.58. The minimum absolute atomic E-state index is 0.0284. The summed E-state index contributed by atoms with van der Waals surface area (Å²) in [6, 6.07) is 4.99. The molecule has 0 bridgehead atoms. The molecule has 0 spiro atoms. The number of aliphatic hydroxyl groups excluding tert-OH is 1. The van der Waals surface area contributed by atoms with Crippen LogP contribution in [0.15, 0.2) is 18.2 Å². The van der Waals surface area contributed by atoms with E-state index in [4.69, 9.17) is 10.5 Å². The Labute approximate surface area is 119 Å². The Hall–Kier alpha value is -1.75. The number of benzene rings is 1. The summed E-state index contributed by atoms with van der Waals surface area (Å²) >= 11 is 0. The number of nitrogens with two attached hydrogens (primary N) is 1. The van der Waals surface area contributed by atoms with Crippen LogP contribution in [0.4, 0.5) is 5.69 Å². The fourth-order valence-electron chi connectivity index (χ4n) is 2.69. The lowest BCUT2D eigenvalue weighted by molar-refractivity contribution is 0.0838. The molecule has 1 saturated carbocycles. The third-order valence-electron chi connectivity index (χ3n) is 3.74. The molecule has 0 aromatic heterocycles. The van der Waals surface area contributed by atoms with Gasteiger partial charge in [-0.3, -0.25) is 4.79 Å². The second-order valence-electron chi connectivity index (χ2n) is 5.32. The summed E-state index contributed by atoms with van der Waals surface area (Å²) in [5.74, 6) is 0.372. The number of hydrogen-bond acceptors (Lipinski definition) is 4. The van der Waals surface area contributed by atoms with Gasteiger partial charge in [0, 0.05) is 17.3 Å². The highest BCUT2D eigenvalue weighted by atomic mass is 16.5. The molecule has 1 fully saturated rings. The minimum Gasteiger partial charge on any atom is -0.494 e. The van der Waals surface area contributed by atoms with E-state index in [-0.39, 0.29) is 12.5 Å². The van der Waals surface area contributed by atoms with E-state index in [0.717, 1.165) is 25.7 Å². The van der Waals surface area contributed by atoms with E-state index in [0.29, 0.717) is 23.6 Å². The molecule has 0 radical (unpaired) electrons. The summed E-state index contributed by atoms with van der Waals surface area (Å²) in [6.45, 7) is 2.37. The van der Waals surface area contributed by atoms with Crippen LogP contribution >= 0.6 is 0 Å². The van der Waals surface area contributed by atoms with Crippen molar-refractivity contribution in [3.05, 3.63) is 23.8 Å². The number of nitrogen functional groups attached to an aromatic ring is 1. The van der Waals surface area contributed by atoms with E-state index in [9.17, 15) is 9.90 Å². The number of nitrogens with one attached hydrogen (secondary N) is 1. The highest BCUT2D eigenvalue weighted by molar-refractivity contribution is 5.96. The molecule has 1 amide bonds. The SMILES string of the molecule is CCOc1cc(N)cc(C(=O)NC2(CO)CCCC2)c1. The number of rotatable bonds is 5. The van der Waals surface area contributed by atoms with Gasteiger partial charge in [-0.1, -0.05) is 12.8 Å². The molecule has 0 heterocycles. The van der Waals surface area contributed by atoms with E-state index >= 15 is 0 Å². The van der Waals surface area contributed by atoms with Crippen molar-refractivity contribution in [1.29, 1.82) is 0 Å². The van der Waals surface area contributed by atoms with Crippen molar-refractivity contribution in [1.82, 2.24) is 5.32 Å². The van der Waals surface area contributed by atoms with Crippen LogP contribution in [-0.4, -0.2) is 29.8 Å². The smallest absolute Gasteiger partial charge is 0.252 e. The summed E-state index contributed by atoms with van der Waals surface area (Å²) in [4.78, 5) is 12.3. The van der Waals surface area contributed by atoms with Crippen molar-refractivity contribution in [3.63, 3.8) is 0 Å². The molecule has 2 rings (SSSR count). The van der Waals surface area contributed by atoms with E-state index in [1.54, 1.807) is 18.2 Å². The summed E-state index contributed by atoms with van der Waals surface area (Å²) < 4.78 is 5.39. The van der Waals surface area contributed by atoms with Crippen molar-refractivity contribution >= 4 is 11.6 Å². The van der Waals surface area contributed by atoms with Crippen LogP contribution in [0.3, 0.4) is 0 Å². The molecule has 0 aliphatic heterocycles. The van der Waals surface area contributed by atoms with Crippen LogP contribution in [0.1, 0.15) is 43.0 Å². The Bertz CT molecular complexity index is 482. The highest BCUT2D eigenvalue weighted by Crippen LogP contribution is 2.30. The molecule has 20 heavy (non-hydrogen) atoms. The number of anilines is 1. The zero-order valence-corrected chi connectivity index (χ0v) is 11.8. The fraction of sp³-hybridized carbons (Fsp3) is 0.533. The monoisotopic (exact) mass is 278 g/mol. The number of hydrogen-bond donors (Lipinski definition) is 3. The van der Waals surface area contributed by atoms with Crippen LogP contribution in [0, 0.1) is 0 Å². The zero-order valence-electron chi connectivity index (χ0n) is 11.8.